The van der Waals surface area contributed by atoms with Crippen LogP contribution in [0.15, 0.2) is 42.5 Å². The van der Waals surface area contributed by atoms with E-state index in [4.69, 9.17) is 0 Å². The monoisotopic (exact) mass is 380 g/mol. The molecule has 3 rings (SSSR count). The number of likely N-dealkylation sites (N-methyl/N-ethyl adjacent to an activating group) is 1. The molecule has 28 heavy (non-hydrogen) atoms. The van der Waals surface area contributed by atoms with E-state index in [1.54, 1.807) is 24.3 Å². The first-order chi connectivity index (χ1) is 13.6. The number of aryl methyl sites for hydroxylation is 2. The summed E-state index contributed by atoms with van der Waals surface area (Å²) in [7, 11) is 0. The quantitative estimate of drug-likeness (QED) is 0.657. The van der Waals surface area contributed by atoms with E-state index in [0.29, 0.717) is 23.4 Å². The van der Waals surface area contributed by atoms with Gasteiger partial charge in [-0.15, -0.1) is 0 Å². The lowest BCUT2D eigenvalue weighted by Gasteiger charge is -2.15. The minimum atomic E-state index is -0.117. The van der Waals surface area contributed by atoms with Crippen molar-refractivity contribution in [3.63, 3.8) is 0 Å². The van der Waals surface area contributed by atoms with E-state index in [-0.39, 0.29) is 11.8 Å². The van der Waals surface area contributed by atoms with Crippen molar-refractivity contribution in [2.75, 3.05) is 31.5 Å². The number of benzene rings is 2. The molecule has 0 bridgehead atoms. The Morgan fingerprint density at radius 2 is 1.57 bits per heavy atom. The van der Waals surface area contributed by atoms with Crippen LogP contribution in [0, 0.1) is 0 Å². The minimum absolute atomic E-state index is 0.0805. The normalized spacial score (nSPS) is 12.7. The second-order valence-electron chi connectivity index (χ2n) is 7.33. The van der Waals surface area contributed by atoms with Gasteiger partial charge in [0.15, 0.2) is 0 Å². The van der Waals surface area contributed by atoms with Gasteiger partial charge in [-0.25, -0.2) is 0 Å². The average Bonchev–Trinajstić information content (AvgIpc) is 3.19. The Kier molecular flexibility index (Phi) is 6.82. The predicted molar refractivity (Wildman–Crippen MR) is 112 cm³/mol. The number of anilines is 1. The van der Waals surface area contributed by atoms with Gasteiger partial charge in [-0.2, -0.15) is 0 Å². The fraction of sp³-hybridized carbons (Fsp3) is 0.391. The summed E-state index contributed by atoms with van der Waals surface area (Å²) in [5.74, 6) is -0.197. The smallest absolute Gasteiger partial charge is 0.255 e. The van der Waals surface area contributed by atoms with E-state index in [1.165, 1.54) is 22.4 Å². The van der Waals surface area contributed by atoms with E-state index in [0.717, 1.165) is 32.5 Å². The van der Waals surface area contributed by atoms with Crippen molar-refractivity contribution in [1.29, 1.82) is 0 Å². The predicted octanol–water partition coefficient (Wildman–Crippen LogP) is 2.08. The lowest BCUT2D eigenvalue weighted by atomic mass is 10.1. The van der Waals surface area contributed by atoms with Crippen molar-refractivity contribution in [2.24, 2.45) is 0 Å². The number of amides is 2. The van der Waals surface area contributed by atoms with E-state index >= 15 is 0 Å². The fourth-order valence-electron chi connectivity index (χ4n) is 3.68. The highest BCUT2D eigenvalue weighted by molar-refractivity contribution is 6.04. The molecule has 2 aromatic rings. The van der Waals surface area contributed by atoms with Gasteiger partial charge >= 0.3 is 0 Å². The molecule has 2 amide bonds. The molecule has 0 atom stereocenters. The highest BCUT2D eigenvalue weighted by Crippen LogP contribution is 2.23. The number of carbonyl (C=O) groups is 2. The Bertz CT molecular complexity index is 826. The SMILES string of the molecule is CC[NH+](CC)CCNC(=O)c1ccc(NC(=O)c2ccc3c(c2)CCC3)cc1. The van der Waals surface area contributed by atoms with Gasteiger partial charge in [0.05, 0.1) is 26.2 Å². The molecule has 0 aromatic heterocycles. The molecule has 0 aliphatic heterocycles. The zero-order valence-electron chi connectivity index (χ0n) is 16.8. The summed E-state index contributed by atoms with van der Waals surface area (Å²) in [6, 6.07) is 13.0. The summed E-state index contributed by atoms with van der Waals surface area (Å²) >= 11 is 0. The summed E-state index contributed by atoms with van der Waals surface area (Å²) < 4.78 is 0. The molecule has 0 fully saturated rings. The number of hydrogen-bond donors (Lipinski definition) is 3. The first-order valence-corrected chi connectivity index (χ1v) is 10.3. The molecule has 2 aromatic carbocycles. The summed E-state index contributed by atoms with van der Waals surface area (Å²) in [5.41, 5.74) is 4.61. The molecule has 3 N–H and O–H groups in total. The lowest BCUT2D eigenvalue weighted by Crippen LogP contribution is -3.12. The van der Waals surface area contributed by atoms with Gasteiger partial charge in [-0.1, -0.05) is 6.07 Å². The van der Waals surface area contributed by atoms with Gasteiger partial charge in [0, 0.05) is 16.8 Å². The summed E-state index contributed by atoms with van der Waals surface area (Å²) in [4.78, 5) is 26.2. The van der Waals surface area contributed by atoms with Crippen molar-refractivity contribution in [3.05, 3.63) is 64.7 Å². The maximum Gasteiger partial charge on any atom is 0.255 e. The topological polar surface area (TPSA) is 62.6 Å². The molecule has 1 aliphatic carbocycles. The van der Waals surface area contributed by atoms with Gasteiger partial charge in [-0.05, 0) is 80.6 Å². The summed E-state index contributed by atoms with van der Waals surface area (Å²) in [6.45, 7) is 8.00. The third-order valence-corrected chi connectivity index (χ3v) is 5.53. The molecule has 5 heteroatoms. The maximum absolute atomic E-state index is 12.5. The number of hydrogen-bond acceptors (Lipinski definition) is 2. The van der Waals surface area contributed by atoms with Crippen molar-refractivity contribution in [3.8, 4) is 0 Å². The van der Waals surface area contributed by atoms with E-state index < -0.39 is 0 Å². The molecule has 5 nitrogen and oxygen atoms in total. The zero-order valence-corrected chi connectivity index (χ0v) is 16.8. The molecule has 0 saturated heterocycles. The van der Waals surface area contributed by atoms with Crippen LogP contribution in [0.3, 0.4) is 0 Å². The van der Waals surface area contributed by atoms with Crippen LogP contribution in [0.4, 0.5) is 5.69 Å². The summed E-state index contributed by atoms with van der Waals surface area (Å²) in [6.07, 6.45) is 3.33. The molecule has 0 saturated carbocycles. The third kappa shape index (κ3) is 4.98. The van der Waals surface area contributed by atoms with Crippen LogP contribution >= 0.6 is 0 Å². The highest BCUT2D eigenvalue weighted by Gasteiger charge is 2.14. The van der Waals surface area contributed by atoms with Crippen LogP contribution in [0.5, 0.6) is 0 Å². The molecular weight excluding hydrogens is 350 g/mol. The van der Waals surface area contributed by atoms with Gasteiger partial charge < -0.3 is 15.5 Å². The Hall–Kier alpha value is -2.66. The van der Waals surface area contributed by atoms with Crippen LogP contribution in [0.25, 0.3) is 0 Å². The highest BCUT2D eigenvalue weighted by atomic mass is 16.2. The molecule has 0 unspecified atom stereocenters. The van der Waals surface area contributed by atoms with Crippen molar-refractivity contribution in [2.45, 2.75) is 33.1 Å². The largest absolute Gasteiger partial charge is 0.346 e. The van der Waals surface area contributed by atoms with Crippen molar-refractivity contribution >= 4 is 17.5 Å². The average molecular weight is 381 g/mol. The number of carbonyl (C=O) groups excluding carboxylic acids is 2. The van der Waals surface area contributed by atoms with E-state index in [2.05, 4.69) is 30.5 Å². The van der Waals surface area contributed by atoms with E-state index in [1.807, 2.05) is 12.1 Å². The molecule has 0 radical (unpaired) electrons. The number of fused-ring (bicyclic) bond motifs is 1. The van der Waals surface area contributed by atoms with Crippen LogP contribution in [-0.2, 0) is 12.8 Å². The fourth-order valence-corrected chi connectivity index (χ4v) is 3.68. The van der Waals surface area contributed by atoms with Crippen LogP contribution in [0.1, 0.15) is 52.1 Å². The maximum atomic E-state index is 12.5. The third-order valence-electron chi connectivity index (χ3n) is 5.53. The molecule has 148 valence electrons. The van der Waals surface area contributed by atoms with Gasteiger partial charge in [-0.3, -0.25) is 9.59 Å². The molecular formula is C23H30N3O2+. The summed E-state index contributed by atoms with van der Waals surface area (Å²) in [5, 5.41) is 5.88. The van der Waals surface area contributed by atoms with E-state index in [9.17, 15) is 9.59 Å². The number of rotatable bonds is 8. The Balaban J connectivity index is 1.54. The Morgan fingerprint density at radius 1 is 0.893 bits per heavy atom. The first kappa shape index (κ1) is 20.1. The molecule has 0 heterocycles. The first-order valence-electron chi connectivity index (χ1n) is 10.3. The second kappa shape index (κ2) is 9.51. The number of quaternary nitrogens is 1. The van der Waals surface area contributed by atoms with Gasteiger partial charge in [0.1, 0.15) is 0 Å². The Labute approximate surface area is 167 Å². The van der Waals surface area contributed by atoms with Crippen molar-refractivity contribution < 1.29 is 14.5 Å². The van der Waals surface area contributed by atoms with Crippen LogP contribution < -0.4 is 15.5 Å². The Morgan fingerprint density at radius 3 is 2.29 bits per heavy atom. The minimum Gasteiger partial charge on any atom is -0.346 e. The second-order valence-corrected chi connectivity index (χ2v) is 7.33. The standard InChI is InChI=1S/C23H29N3O2/c1-3-26(4-2)15-14-24-22(27)18-10-12-21(13-11-18)25-23(28)20-9-8-17-6-5-7-19(17)16-20/h8-13,16H,3-7,14-15H2,1-2H3,(H,24,27)(H,25,28)/p+1. The van der Waals surface area contributed by atoms with Gasteiger partial charge in [0.25, 0.3) is 11.8 Å². The molecule has 0 spiro atoms. The van der Waals surface area contributed by atoms with Crippen LogP contribution in [-0.4, -0.2) is 38.0 Å². The molecule has 1 aliphatic rings. The van der Waals surface area contributed by atoms with Gasteiger partial charge in [0.2, 0.25) is 0 Å². The zero-order chi connectivity index (χ0) is 19.9. The van der Waals surface area contributed by atoms with Crippen LogP contribution in [0.2, 0.25) is 0 Å². The lowest BCUT2D eigenvalue weighted by molar-refractivity contribution is -0.895. The van der Waals surface area contributed by atoms with Crippen molar-refractivity contribution in [1.82, 2.24) is 5.32 Å². The number of nitrogens with one attached hydrogen (secondary N) is 3.